The van der Waals surface area contributed by atoms with Gasteiger partial charge in [-0.2, -0.15) is 4.31 Å². The summed E-state index contributed by atoms with van der Waals surface area (Å²) in [5, 5.41) is 11.8. The van der Waals surface area contributed by atoms with Crippen LogP contribution in [0.15, 0.2) is 54.7 Å². The standard InChI is InChI=1S/C21H21N3O5S/c1-29-18-6-7-21-19(12-18)20(13-22-21)16-8-10-23(11-9-16)30(27,28)14-15-2-4-17(5-3-15)24(25)26/h2-8,12-13,22H,9-11,14H2,1H3. The Morgan fingerprint density at radius 1 is 1.20 bits per heavy atom. The predicted molar refractivity (Wildman–Crippen MR) is 115 cm³/mol. The van der Waals surface area contributed by atoms with E-state index in [1.807, 2.05) is 30.5 Å². The first kappa shape index (κ1) is 20.1. The molecular formula is C21H21N3O5S. The zero-order valence-electron chi connectivity index (χ0n) is 16.4. The van der Waals surface area contributed by atoms with Gasteiger partial charge in [0.25, 0.3) is 5.69 Å². The van der Waals surface area contributed by atoms with Crippen molar-refractivity contribution in [2.45, 2.75) is 12.2 Å². The highest BCUT2D eigenvalue weighted by Crippen LogP contribution is 2.32. The molecule has 9 heteroatoms. The van der Waals surface area contributed by atoms with Crippen molar-refractivity contribution in [1.29, 1.82) is 0 Å². The van der Waals surface area contributed by atoms with Crippen molar-refractivity contribution >= 4 is 32.2 Å². The van der Waals surface area contributed by atoms with Crippen LogP contribution in [0.1, 0.15) is 17.5 Å². The van der Waals surface area contributed by atoms with Crippen LogP contribution in [0.4, 0.5) is 5.69 Å². The van der Waals surface area contributed by atoms with Crippen LogP contribution in [0, 0.1) is 10.1 Å². The van der Waals surface area contributed by atoms with Crippen molar-refractivity contribution in [1.82, 2.24) is 9.29 Å². The van der Waals surface area contributed by atoms with E-state index in [1.165, 1.54) is 28.6 Å². The highest BCUT2D eigenvalue weighted by molar-refractivity contribution is 7.88. The number of rotatable bonds is 6. The number of hydrogen-bond donors (Lipinski definition) is 1. The number of nitro groups is 1. The van der Waals surface area contributed by atoms with Gasteiger partial charge in [-0.25, -0.2) is 8.42 Å². The van der Waals surface area contributed by atoms with Gasteiger partial charge in [-0.1, -0.05) is 18.2 Å². The molecule has 0 unspecified atom stereocenters. The number of non-ortho nitro benzene ring substituents is 1. The first-order chi connectivity index (χ1) is 14.4. The highest BCUT2D eigenvalue weighted by atomic mass is 32.2. The fourth-order valence-electron chi connectivity index (χ4n) is 3.66. The fraction of sp³-hybridized carbons (Fsp3) is 0.238. The Bertz CT molecular complexity index is 1230. The lowest BCUT2D eigenvalue weighted by Gasteiger charge is -2.26. The van der Waals surface area contributed by atoms with Gasteiger partial charge in [0.2, 0.25) is 10.0 Å². The van der Waals surface area contributed by atoms with E-state index >= 15 is 0 Å². The zero-order valence-corrected chi connectivity index (χ0v) is 17.2. The Hall–Kier alpha value is -3.17. The van der Waals surface area contributed by atoms with E-state index in [4.69, 9.17) is 4.74 Å². The van der Waals surface area contributed by atoms with E-state index in [1.54, 1.807) is 7.11 Å². The minimum Gasteiger partial charge on any atom is -0.497 e. The molecule has 2 aromatic carbocycles. The topological polar surface area (TPSA) is 106 Å². The monoisotopic (exact) mass is 427 g/mol. The number of sulfonamides is 1. The molecule has 0 aliphatic carbocycles. The van der Waals surface area contributed by atoms with E-state index < -0.39 is 14.9 Å². The summed E-state index contributed by atoms with van der Waals surface area (Å²) in [5.41, 5.74) is 3.61. The van der Waals surface area contributed by atoms with Crippen molar-refractivity contribution in [2.75, 3.05) is 20.2 Å². The normalized spacial score (nSPS) is 15.2. The molecule has 0 saturated carbocycles. The maximum Gasteiger partial charge on any atom is 0.269 e. The third-order valence-corrected chi connectivity index (χ3v) is 7.11. The molecule has 0 fully saturated rings. The van der Waals surface area contributed by atoms with Crippen molar-refractivity contribution in [3.63, 3.8) is 0 Å². The SMILES string of the molecule is COc1ccc2[nH]cc(C3=CCN(S(=O)(=O)Cc4ccc([N+](=O)[O-])cc4)CC3)c2c1. The summed E-state index contributed by atoms with van der Waals surface area (Å²) in [6.45, 7) is 0.680. The first-order valence-corrected chi connectivity index (χ1v) is 11.0. The number of fused-ring (bicyclic) bond motifs is 1. The number of aromatic nitrogens is 1. The van der Waals surface area contributed by atoms with E-state index in [0.29, 0.717) is 25.1 Å². The molecule has 0 atom stereocenters. The Morgan fingerprint density at radius 3 is 2.60 bits per heavy atom. The second-order valence-electron chi connectivity index (χ2n) is 7.13. The Kier molecular flexibility index (Phi) is 5.31. The van der Waals surface area contributed by atoms with Crippen LogP contribution >= 0.6 is 0 Å². The molecule has 2 heterocycles. The lowest BCUT2D eigenvalue weighted by Crippen LogP contribution is -2.35. The van der Waals surface area contributed by atoms with Crippen LogP contribution in [0.25, 0.3) is 16.5 Å². The van der Waals surface area contributed by atoms with Crippen molar-refractivity contribution in [3.8, 4) is 5.75 Å². The number of ether oxygens (including phenoxy) is 1. The number of methoxy groups -OCH3 is 1. The number of nitrogens with zero attached hydrogens (tertiary/aromatic N) is 2. The smallest absolute Gasteiger partial charge is 0.269 e. The van der Waals surface area contributed by atoms with Gasteiger partial charge in [0.05, 0.1) is 17.8 Å². The molecule has 1 N–H and O–H groups in total. The van der Waals surface area contributed by atoms with Crippen LogP contribution in [0.2, 0.25) is 0 Å². The molecule has 0 spiro atoms. The van der Waals surface area contributed by atoms with Crippen LogP contribution in [0.3, 0.4) is 0 Å². The molecule has 8 nitrogen and oxygen atoms in total. The summed E-state index contributed by atoms with van der Waals surface area (Å²) >= 11 is 0. The van der Waals surface area contributed by atoms with E-state index in [2.05, 4.69) is 4.98 Å². The Labute approximate surface area is 174 Å². The third kappa shape index (κ3) is 3.94. The number of nitro benzene ring substituents is 1. The second kappa shape index (κ2) is 7.92. The first-order valence-electron chi connectivity index (χ1n) is 9.43. The van der Waals surface area contributed by atoms with Gasteiger partial charge in [-0.3, -0.25) is 10.1 Å². The zero-order chi connectivity index (χ0) is 21.3. The molecule has 0 saturated heterocycles. The van der Waals surface area contributed by atoms with Crippen molar-refractivity contribution in [3.05, 3.63) is 76.0 Å². The molecule has 1 aliphatic heterocycles. The molecule has 156 valence electrons. The Balaban J connectivity index is 1.51. The molecule has 1 aromatic heterocycles. The minimum atomic E-state index is -3.52. The lowest BCUT2D eigenvalue weighted by molar-refractivity contribution is -0.384. The molecule has 30 heavy (non-hydrogen) atoms. The molecular weight excluding hydrogens is 406 g/mol. The van der Waals surface area contributed by atoms with Crippen LogP contribution in [0.5, 0.6) is 5.75 Å². The van der Waals surface area contributed by atoms with Gasteiger partial charge in [-0.15, -0.1) is 0 Å². The molecule has 0 bridgehead atoms. The summed E-state index contributed by atoms with van der Waals surface area (Å²) in [7, 11) is -1.90. The molecule has 0 radical (unpaired) electrons. The number of nitrogens with one attached hydrogen (secondary N) is 1. The quantitative estimate of drug-likeness (QED) is 0.477. The molecule has 1 aliphatic rings. The lowest BCUT2D eigenvalue weighted by atomic mass is 9.99. The van der Waals surface area contributed by atoms with Gasteiger partial charge in [0.15, 0.2) is 0 Å². The minimum absolute atomic E-state index is 0.0583. The van der Waals surface area contributed by atoms with Gasteiger partial charge < -0.3 is 9.72 Å². The van der Waals surface area contributed by atoms with Crippen molar-refractivity contribution in [2.24, 2.45) is 0 Å². The van der Waals surface area contributed by atoms with Crippen LogP contribution in [-0.2, 0) is 15.8 Å². The second-order valence-corrected chi connectivity index (χ2v) is 9.10. The summed E-state index contributed by atoms with van der Waals surface area (Å²) in [5.74, 6) is 0.588. The fourth-order valence-corrected chi connectivity index (χ4v) is 5.12. The van der Waals surface area contributed by atoms with Crippen LogP contribution < -0.4 is 4.74 Å². The molecule has 0 amide bonds. The van der Waals surface area contributed by atoms with E-state index in [9.17, 15) is 18.5 Å². The number of hydrogen-bond acceptors (Lipinski definition) is 5. The average molecular weight is 427 g/mol. The number of H-pyrrole nitrogens is 1. The summed E-state index contributed by atoms with van der Waals surface area (Å²) in [6, 6.07) is 11.4. The third-order valence-electron chi connectivity index (χ3n) is 5.30. The van der Waals surface area contributed by atoms with E-state index in [-0.39, 0.29) is 11.4 Å². The summed E-state index contributed by atoms with van der Waals surface area (Å²) < 4.78 is 32.4. The maximum absolute atomic E-state index is 12.8. The van der Waals surface area contributed by atoms with Crippen LogP contribution in [-0.4, -0.2) is 42.8 Å². The average Bonchev–Trinajstić information content (AvgIpc) is 3.17. The largest absolute Gasteiger partial charge is 0.497 e. The van der Waals surface area contributed by atoms with Gasteiger partial charge in [0.1, 0.15) is 5.75 Å². The molecule has 4 rings (SSSR count). The van der Waals surface area contributed by atoms with Gasteiger partial charge >= 0.3 is 0 Å². The summed E-state index contributed by atoms with van der Waals surface area (Å²) in [6.07, 6.45) is 4.49. The van der Waals surface area contributed by atoms with Gasteiger partial charge in [-0.05, 0) is 35.8 Å². The summed E-state index contributed by atoms with van der Waals surface area (Å²) in [4.78, 5) is 13.5. The maximum atomic E-state index is 12.8. The van der Waals surface area contributed by atoms with Gasteiger partial charge in [0, 0.05) is 47.9 Å². The van der Waals surface area contributed by atoms with E-state index in [0.717, 1.165) is 27.8 Å². The highest BCUT2D eigenvalue weighted by Gasteiger charge is 2.25. The number of aromatic amines is 1. The van der Waals surface area contributed by atoms with Crippen molar-refractivity contribution < 1.29 is 18.1 Å². The predicted octanol–water partition coefficient (Wildman–Crippen LogP) is 3.70. The Morgan fingerprint density at radius 2 is 1.97 bits per heavy atom. The number of benzene rings is 2. The molecule has 3 aromatic rings.